The standard InChI is InChI=1S/C10H19N3O/c1-4-13-6-9(5-12-13)11-7-10(2,3)8-14/h5-6,11,14H,4,7-8H2,1-3H3. The Morgan fingerprint density at radius 2 is 2.29 bits per heavy atom. The number of aromatic nitrogens is 2. The predicted octanol–water partition coefficient (Wildman–Crippen LogP) is 1.33. The van der Waals surface area contributed by atoms with Crippen molar-refractivity contribution in [1.82, 2.24) is 9.78 Å². The third kappa shape index (κ3) is 3.03. The number of aryl methyl sites for hydroxylation is 1. The zero-order chi connectivity index (χ0) is 10.6. The molecule has 14 heavy (non-hydrogen) atoms. The summed E-state index contributed by atoms with van der Waals surface area (Å²) < 4.78 is 1.87. The van der Waals surface area contributed by atoms with Crippen molar-refractivity contribution in [2.75, 3.05) is 18.5 Å². The van der Waals surface area contributed by atoms with E-state index in [1.807, 2.05) is 24.7 Å². The minimum Gasteiger partial charge on any atom is -0.396 e. The highest BCUT2D eigenvalue weighted by molar-refractivity contribution is 5.38. The number of hydrogen-bond acceptors (Lipinski definition) is 3. The Labute approximate surface area is 84.9 Å². The summed E-state index contributed by atoms with van der Waals surface area (Å²) in [5.74, 6) is 0. The lowest BCUT2D eigenvalue weighted by Gasteiger charge is -2.21. The molecule has 0 saturated heterocycles. The molecular formula is C10H19N3O. The van der Waals surface area contributed by atoms with Gasteiger partial charge >= 0.3 is 0 Å². The van der Waals surface area contributed by atoms with Gasteiger partial charge in [-0.05, 0) is 6.92 Å². The molecule has 0 saturated carbocycles. The second-order valence-corrected chi connectivity index (χ2v) is 4.26. The summed E-state index contributed by atoms with van der Waals surface area (Å²) in [4.78, 5) is 0. The van der Waals surface area contributed by atoms with Crippen molar-refractivity contribution in [2.24, 2.45) is 5.41 Å². The minimum atomic E-state index is -0.0890. The molecule has 0 aromatic carbocycles. The lowest BCUT2D eigenvalue weighted by atomic mass is 9.95. The molecule has 1 rings (SSSR count). The molecule has 1 heterocycles. The Bertz CT molecular complexity index is 281. The number of rotatable bonds is 5. The molecule has 0 aliphatic heterocycles. The lowest BCUT2D eigenvalue weighted by molar-refractivity contribution is 0.171. The van der Waals surface area contributed by atoms with Crippen LogP contribution < -0.4 is 5.32 Å². The molecule has 0 unspecified atom stereocenters. The summed E-state index contributed by atoms with van der Waals surface area (Å²) >= 11 is 0. The van der Waals surface area contributed by atoms with E-state index in [1.165, 1.54) is 0 Å². The van der Waals surface area contributed by atoms with E-state index in [2.05, 4.69) is 17.3 Å². The average molecular weight is 197 g/mol. The van der Waals surface area contributed by atoms with Crippen LogP contribution in [0.25, 0.3) is 0 Å². The zero-order valence-corrected chi connectivity index (χ0v) is 9.12. The van der Waals surface area contributed by atoms with Crippen molar-refractivity contribution >= 4 is 5.69 Å². The maximum absolute atomic E-state index is 9.06. The molecule has 0 bridgehead atoms. The number of aliphatic hydroxyl groups is 1. The first-order valence-corrected chi connectivity index (χ1v) is 4.94. The molecule has 0 spiro atoms. The summed E-state index contributed by atoms with van der Waals surface area (Å²) in [6, 6.07) is 0. The maximum Gasteiger partial charge on any atom is 0.0726 e. The fraction of sp³-hybridized carbons (Fsp3) is 0.700. The first kappa shape index (κ1) is 11.0. The van der Waals surface area contributed by atoms with Gasteiger partial charge in [0.25, 0.3) is 0 Å². The molecule has 0 fully saturated rings. The highest BCUT2D eigenvalue weighted by Crippen LogP contribution is 2.15. The Kier molecular flexibility index (Phi) is 3.52. The molecule has 0 amide bonds. The normalized spacial score (nSPS) is 11.7. The van der Waals surface area contributed by atoms with Crippen molar-refractivity contribution < 1.29 is 5.11 Å². The van der Waals surface area contributed by atoms with Gasteiger partial charge < -0.3 is 10.4 Å². The molecule has 1 aromatic rings. The highest BCUT2D eigenvalue weighted by atomic mass is 16.3. The molecular weight excluding hydrogens is 178 g/mol. The number of anilines is 1. The van der Waals surface area contributed by atoms with Crippen molar-refractivity contribution in [3.05, 3.63) is 12.4 Å². The Morgan fingerprint density at radius 3 is 2.79 bits per heavy atom. The summed E-state index contributed by atoms with van der Waals surface area (Å²) in [5.41, 5.74) is 0.919. The summed E-state index contributed by atoms with van der Waals surface area (Å²) in [5, 5.41) is 16.5. The first-order valence-electron chi connectivity index (χ1n) is 4.94. The lowest BCUT2D eigenvalue weighted by Crippen LogP contribution is -2.26. The van der Waals surface area contributed by atoms with Crippen LogP contribution in [-0.4, -0.2) is 28.0 Å². The largest absolute Gasteiger partial charge is 0.396 e. The van der Waals surface area contributed by atoms with Gasteiger partial charge in [0.15, 0.2) is 0 Å². The Hall–Kier alpha value is -1.03. The van der Waals surface area contributed by atoms with Gasteiger partial charge in [-0.1, -0.05) is 13.8 Å². The third-order valence-corrected chi connectivity index (χ3v) is 2.16. The van der Waals surface area contributed by atoms with Gasteiger partial charge in [-0.2, -0.15) is 5.10 Å². The van der Waals surface area contributed by atoms with Crippen LogP contribution in [-0.2, 0) is 6.54 Å². The number of nitrogens with one attached hydrogen (secondary N) is 1. The first-order chi connectivity index (χ1) is 6.57. The van der Waals surface area contributed by atoms with Crippen LogP contribution in [0.1, 0.15) is 20.8 Å². The van der Waals surface area contributed by atoms with Gasteiger partial charge in [-0.25, -0.2) is 0 Å². The van der Waals surface area contributed by atoms with Crippen LogP contribution in [0.15, 0.2) is 12.4 Å². The van der Waals surface area contributed by atoms with E-state index in [-0.39, 0.29) is 12.0 Å². The van der Waals surface area contributed by atoms with Crippen LogP contribution in [0, 0.1) is 5.41 Å². The SMILES string of the molecule is CCn1cc(NCC(C)(C)CO)cn1. The monoisotopic (exact) mass is 197 g/mol. The predicted molar refractivity (Wildman–Crippen MR) is 57.3 cm³/mol. The van der Waals surface area contributed by atoms with E-state index in [4.69, 9.17) is 5.11 Å². The maximum atomic E-state index is 9.06. The third-order valence-electron chi connectivity index (χ3n) is 2.16. The topological polar surface area (TPSA) is 50.1 Å². The Morgan fingerprint density at radius 1 is 1.57 bits per heavy atom. The van der Waals surface area contributed by atoms with Crippen LogP contribution in [0.5, 0.6) is 0 Å². The van der Waals surface area contributed by atoms with Gasteiger partial charge in [0.1, 0.15) is 0 Å². The van der Waals surface area contributed by atoms with Gasteiger partial charge in [-0.15, -0.1) is 0 Å². The molecule has 4 nitrogen and oxygen atoms in total. The van der Waals surface area contributed by atoms with Crippen molar-refractivity contribution in [3.8, 4) is 0 Å². The minimum absolute atomic E-state index is 0.0890. The van der Waals surface area contributed by atoms with Gasteiger partial charge in [0, 0.05) is 31.3 Å². The van der Waals surface area contributed by atoms with Crippen molar-refractivity contribution in [3.63, 3.8) is 0 Å². The number of nitrogens with zero attached hydrogens (tertiary/aromatic N) is 2. The van der Waals surface area contributed by atoms with Crippen LogP contribution in [0.3, 0.4) is 0 Å². The molecule has 0 atom stereocenters. The van der Waals surface area contributed by atoms with E-state index in [0.717, 1.165) is 18.8 Å². The molecule has 80 valence electrons. The Balaban J connectivity index is 2.45. The number of hydrogen-bond donors (Lipinski definition) is 2. The van der Waals surface area contributed by atoms with Crippen LogP contribution in [0.2, 0.25) is 0 Å². The molecule has 0 aliphatic rings. The smallest absolute Gasteiger partial charge is 0.0726 e. The molecule has 2 N–H and O–H groups in total. The van der Waals surface area contributed by atoms with Crippen LogP contribution in [0.4, 0.5) is 5.69 Å². The quantitative estimate of drug-likeness (QED) is 0.748. The highest BCUT2D eigenvalue weighted by Gasteiger charge is 2.15. The van der Waals surface area contributed by atoms with Gasteiger partial charge in [0.05, 0.1) is 11.9 Å². The van der Waals surface area contributed by atoms with E-state index in [1.54, 1.807) is 6.20 Å². The summed E-state index contributed by atoms with van der Waals surface area (Å²) in [7, 11) is 0. The van der Waals surface area contributed by atoms with Crippen molar-refractivity contribution in [1.29, 1.82) is 0 Å². The van der Waals surface area contributed by atoms with E-state index >= 15 is 0 Å². The molecule has 0 radical (unpaired) electrons. The summed E-state index contributed by atoms with van der Waals surface area (Å²) in [6.07, 6.45) is 3.77. The molecule has 1 aromatic heterocycles. The van der Waals surface area contributed by atoms with Crippen molar-refractivity contribution in [2.45, 2.75) is 27.3 Å². The average Bonchev–Trinajstić information content (AvgIpc) is 2.63. The second kappa shape index (κ2) is 4.46. The second-order valence-electron chi connectivity index (χ2n) is 4.26. The zero-order valence-electron chi connectivity index (χ0n) is 9.12. The number of aliphatic hydroxyl groups excluding tert-OH is 1. The van der Waals surface area contributed by atoms with Crippen LogP contribution >= 0.6 is 0 Å². The molecule has 0 aliphatic carbocycles. The fourth-order valence-corrected chi connectivity index (χ4v) is 1.03. The van der Waals surface area contributed by atoms with Gasteiger partial charge in [-0.3, -0.25) is 4.68 Å². The summed E-state index contributed by atoms with van der Waals surface area (Å²) in [6.45, 7) is 7.90. The fourth-order valence-electron chi connectivity index (χ4n) is 1.03. The van der Waals surface area contributed by atoms with E-state index in [0.29, 0.717) is 0 Å². The van der Waals surface area contributed by atoms with Gasteiger partial charge in [0.2, 0.25) is 0 Å². The van der Waals surface area contributed by atoms with E-state index in [9.17, 15) is 0 Å². The molecule has 4 heteroatoms. The van der Waals surface area contributed by atoms with E-state index < -0.39 is 0 Å².